The predicted molar refractivity (Wildman–Crippen MR) is 577 cm³/mol. The maximum absolute atomic E-state index is 11.5. The smallest absolute Gasteiger partial charge is 0.227 e. The molecule has 16 rings (SSSR count). The molecule has 0 bridgehead atoms. The molecule has 138 heavy (non-hydrogen) atoms. The zero-order valence-corrected chi connectivity index (χ0v) is 91.5. The van der Waals surface area contributed by atoms with E-state index in [0.717, 1.165) is 226 Å². The standard InChI is InChI=1S/C20H34N4.C19H30N4O.C16H27N5O.C16H26N2.C15H24N2.C15H25NO.C12H19N3O/c1-15(2)23-9-11-24(12-10-23)19-14-16(20(3,4)5)13-18(22-19)21-17-7-6-8-17;1-14(24)22-8-10-23(11-9-22)18-13-15(19(2,3)4)12-17(21-18)20-16-6-5-7-16;1-16(2,3)13-9-14(17-12-10-22-11-12)19-15(18-13)21-7-5-20(4)6-8-21;1-12-10-17-14(9-15(12)16(2,3)4)8-13-6-7-18(5)11-13;1-11-9-17-13(7-12-5-6-16-10-12)8-14(11)15(2,3)4;1-5-16-11-6-12-17-14-9-7-13(8-10-14)15(2,3)4;1-8-13-10(12(2,3)4)5-11(14-8)15-9-6-16-7-9/h13-15,17H,6-12H2,1-5H3,(H,21,22);12-13,16H,5-11H2,1-4H3,(H,20,21);9,12H,5-8,10-11H2,1-4H3,(H,17,18,19);9-10,13H,6-8,11H2,1-5H3;8-9,12,16H,5-7,10H2,1-4H3;7-10,16H,5-6,11-12H2,1-4H3;5,9H,6-7H2,1-4H3,(H,13,14,15). The van der Waals surface area contributed by atoms with Gasteiger partial charge in [0.1, 0.15) is 46.5 Å². The van der Waals surface area contributed by atoms with Crippen molar-refractivity contribution < 1.29 is 19.0 Å². The second-order valence-electron chi connectivity index (χ2n) is 48.0. The van der Waals surface area contributed by atoms with Gasteiger partial charge in [-0.3, -0.25) is 19.7 Å². The van der Waals surface area contributed by atoms with Crippen LogP contribution in [0.15, 0.2) is 85.2 Å². The Morgan fingerprint density at radius 2 is 0.913 bits per heavy atom. The van der Waals surface area contributed by atoms with Crippen molar-refractivity contribution in [1.82, 2.24) is 70.1 Å². The normalized spacial score (nSPS) is 18.9. The zero-order chi connectivity index (χ0) is 101. The minimum absolute atomic E-state index is 0.0107. The van der Waals surface area contributed by atoms with Gasteiger partial charge in [-0.15, -0.1) is 0 Å². The van der Waals surface area contributed by atoms with Crippen molar-refractivity contribution >= 4 is 46.8 Å². The first-order valence-electron chi connectivity index (χ1n) is 52.6. The van der Waals surface area contributed by atoms with Crippen LogP contribution in [0.4, 0.5) is 40.9 Å². The molecular weight excluding hydrogens is 1720 g/mol. The topological polar surface area (TPSA) is 243 Å². The molecule has 7 saturated heterocycles. The van der Waals surface area contributed by atoms with Gasteiger partial charge in [0, 0.05) is 157 Å². The Morgan fingerprint density at radius 3 is 1.31 bits per heavy atom. The molecule has 6 aromatic heterocycles. The Balaban J connectivity index is 0.000000167. The van der Waals surface area contributed by atoms with Crippen molar-refractivity contribution in [2.75, 3.05) is 201 Å². The van der Waals surface area contributed by atoms with Crippen molar-refractivity contribution in [3.05, 3.63) is 153 Å². The summed E-state index contributed by atoms with van der Waals surface area (Å²) in [5, 5.41) is 20.8. The van der Waals surface area contributed by atoms with Crippen molar-refractivity contribution in [2.24, 2.45) is 11.8 Å². The lowest BCUT2D eigenvalue weighted by molar-refractivity contribution is -0.129. The number of carbonyl (C=O) groups is 1. The molecule has 25 nitrogen and oxygen atoms in total. The van der Waals surface area contributed by atoms with Gasteiger partial charge < -0.3 is 75.5 Å². The number of piperazine rings is 3. The number of anilines is 7. The summed E-state index contributed by atoms with van der Waals surface area (Å²) >= 11 is 0. The number of hydrogen-bond donors (Lipinski definition) is 6. The highest BCUT2D eigenvalue weighted by molar-refractivity contribution is 5.73. The maximum Gasteiger partial charge on any atom is 0.227 e. The highest BCUT2D eigenvalue weighted by Crippen LogP contribution is 2.37. The average Bonchev–Trinajstić information content (AvgIpc) is 0.933. The summed E-state index contributed by atoms with van der Waals surface area (Å²) in [6, 6.07) is 28.8. The number of nitrogens with one attached hydrogen (secondary N) is 6. The zero-order valence-electron chi connectivity index (χ0n) is 91.5. The average molecular weight is 1900 g/mol. The van der Waals surface area contributed by atoms with Crippen molar-refractivity contribution in [2.45, 2.75) is 333 Å². The molecule has 2 aliphatic carbocycles. The minimum Gasteiger partial charge on any atom is -0.494 e. The van der Waals surface area contributed by atoms with Gasteiger partial charge in [-0.1, -0.05) is 164 Å². The Labute approximate surface area is 834 Å². The number of aryl methyl sites for hydroxylation is 3. The molecule has 766 valence electrons. The van der Waals surface area contributed by atoms with E-state index < -0.39 is 0 Å². The molecule has 9 fully saturated rings. The number of ether oxygens (including phenoxy) is 3. The van der Waals surface area contributed by atoms with E-state index in [1.54, 1.807) is 6.92 Å². The maximum atomic E-state index is 11.5. The highest BCUT2D eigenvalue weighted by Gasteiger charge is 2.32. The van der Waals surface area contributed by atoms with Gasteiger partial charge >= 0.3 is 0 Å². The van der Waals surface area contributed by atoms with Gasteiger partial charge in [-0.05, 0) is 278 Å². The van der Waals surface area contributed by atoms with E-state index in [1.165, 1.54) is 121 Å². The molecule has 2 saturated carbocycles. The van der Waals surface area contributed by atoms with Crippen molar-refractivity contribution in [3.8, 4) is 5.75 Å². The third kappa shape index (κ3) is 35.9. The fraction of sp³-hybridized carbons (Fsp3) is 0.690. The summed E-state index contributed by atoms with van der Waals surface area (Å²) in [7, 11) is 4.37. The number of likely N-dealkylation sites (tertiary alicyclic amines) is 1. The molecule has 2 unspecified atom stereocenters. The van der Waals surface area contributed by atoms with E-state index in [4.69, 9.17) is 34.1 Å². The summed E-state index contributed by atoms with van der Waals surface area (Å²) < 4.78 is 16.1. The molecule has 0 spiro atoms. The summed E-state index contributed by atoms with van der Waals surface area (Å²) in [6.45, 7) is 84.0. The number of amides is 1. The predicted octanol–water partition coefficient (Wildman–Crippen LogP) is 19.5. The van der Waals surface area contributed by atoms with E-state index in [-0.39, 0.29) is 43.8 Å². The Hall–Kier alpha value is -8.43. The van der Waals surface area contributed by atoms with Crippen LogP contribution in [0.25, 0.3) is 0 Å². The van der Waals surface area contributed by atoms with E-state index in [2.05, 4.69) is 348 Å². The fourth-order valence-corrected chi connectivity index (χ4v) is 18.0. The van der Waals surface area contributed by atoms with Crippen LogP contribution in [-0.4, -0.2) is 261 Å². The van der Waals surface area contributed by atoms with Gasteiger partial charge in [0.15, 0.2) is 0 Å². The number of hydrogen-bond acceptors (Lipinski definition) is 24. The van der Waals surface area contributed by atoms with Crippen molar-refractivity contribution in [1.29, 1.82) is 0 Å². The van der Waals surface area contributed by atoms with Crippen LogP contribution in [0.2, 0.25) is 0 Å². The van der Waals surface area contributed by atoms with E-state index in [1.807, 2.05) is 24.1 Å². The molecule has 0 radical (unpaired) electrons. The Kier molecular flexibility index (Phi) is 40.8. The first-order valence-corrected chi connectivity index (χ1v) is 52.6. The van der Waals surface area contributed by atoms with Crippen LogP contribution < -0.4 is 51.3 Å². The Bertz CT molecular complexity index is 4850. The van der Waals surface area contributed by atoms with E-state index >= 15 is 0 Å². The molecule has 1 amide bonds. The molecule has 6 N–H and O–H groups in total. The largest absolute Gasteiger partial charge is 0.494 e. The first kappa shape index (κ1) is 112. The number of nitrogens with zero attached hydrogens (tertiary/aromatic N) is 15. The van der Waals surface area contributed by atoms with Crippen LogP contribution >= 0.6 is 0 Å². The number of aromatic nitrogens is 8. The lowest BCUT2D eigenvalue weighted by Gasteiger charge is -2.38. The number of likely N-dealkylation sites (N-methyl/N-ethyl adjacent to an activating group) is 1. The summed E-state index contributed by atoms with van der Waals surface area (Å²) in [5.41, 5.74) is 15.2. The molecule has 7 aromatic rings. The third-order valence-electron chi connectivity index (χ3n) is 27.9. The molecule has 1 aromatic carbocycles. The summed E-state index contributed by atoms with van der Waals surface area (Å²) in [5.74, 6) is 10.4. The van der Waals surface area contributed by atoms with E-state index in [0.29, 0.717) is 30.2 Å². The summed E-state index contributed by atoms with van der Waals surface area (Å²) in [6.07, 6.45) is 17.7. The second-order valence-corrected chi connectivity index (χ2v) is 48.0. The van der Waals surface area contributed by atoms with Gasteiger partial charge in [0.2, 0.25) is 11.9 Å². The van der Waals surface area contributed by atoms with E-state index in [9.17, 15) is 4.79 Å². The van der Waals surface area contributed by atoms with Crippen LogP contribution in [0.1, 0.15) is 298 Å². The molecule has 7 aliphatic heterocycles. The Morgan fingerprint density at radius 1 is 0.464 bits per heavy atom. The quantitative estimate of drug-likeness (QED) is 0.0346. The van der Waals surface area contributed by atoms with Crippen LogP contribution in [0.5, 0.6) is 5.75 Å². The number of carbonyl (C=O) groups excluding carboxylic acids is 1. The fourth-order valence-electron chi connectivity index (χ4n) is 18.0. The third-order valence-corrected chi connectivity index (χ3v) is 27.9. The second kappa shape index (κ2) is 50.5. The molecule has 2 atom stereocenters. The van der Waals surface area contributed by atoms with Crippen LogP contribution in [0, 0.1) is 32.6 Å². The minimum atomic E-state index is 0.0107. The monoisotopic (exact) mass is 1900 g/mol. The highest BCUT2D eigenvalue weighted by atomic mass is 16.5. The summed E-state index contributed by atoms with van der Waals surface area (Å²) in [4.78, 5) is 65.3. The first-order chi connectivity index (χ1) is 64.9. The van der Waals surface area contributed by atoms with Gasteiger partial charge in [0.05, 0.1) is 56.5 Å². The SMILES string of the molecule is CC(=O)N1CCN(c2cc(C(C)(C)C)cc(NC3CCC3)n2)CC1.CC(C)N1CCN(c2cc(C(C)(C)C)cc(NC3CCC3)n2)CC1.CCNCCCOc1ccc(C(C)(C)C)cc1.CN1CCN(c2nc(NC3COC3)cc(C(C)(C)C)n2)CC1.Cc1cnc(CC2CCN(C)C2)cc1C(C)(C)C.Cc1cnc(CC2CCNC2)cc1C(C)(C)C.Cc1nc(NC2COC2)cc(C(C)(C)C)n1. The molecule has 9 aliphatic rings. The lowest BCUT2D eigenvalue weighted by Crippen LogP contribution is -2.49. The molecule has 25 heteroatoms. The molecule has 13 heterocycles. The molecular formula is C113H185N21O4. The van der Waals surface area contributed by atoms with Gasteiger partial charge in [-0.25, -0.2) is 24.9 Å². The number of rotatable bonds is 22. The van der Waals surface area contributed by atoms with Gasteiger partial charge in [-0.2, -0.15) is 4.98 Å². The van der Waals surface area contributed by atoms with Crippen molar-refractivity contribution in [3.63, 3.8) is 0 Å². The van der Waals surface area contributed by atoms with Crippen LogP contribution in [0.3, 0.4) is 0 Å². The number of benzene rings is 1. The number of pyridine rings is 4. The lowest BCUT2D eigenvalue weighted by atomic mass is 9.84. The van der Waals surface area contributed by atoms with Gasteiger partial charge in [0.25, 0.3) is 0 Å². The van der Waals surface area contributed by atoms with Crippen LogP contribution in [-0.2, 0) is 65.0 Å².